The Morgan fingerprint density at radius 1 is 1.14 bits per heavy atom. The number of carbonyl (C=O) groups is 1. The van der Waals surface area contributed by atoms with E-state index in [1.165, 1.54) is 11.1 Å². The monoisotopic (exact) mass is 590 g/mol. The number of aromatic nitrogens is 1. The molecule has 0 amide bonds. The normalized spacial score (nSPS) is 29.0. The Hall–Kier alpha value is -3.12. The van der Waals surface area contributed by atoms with Crippen molar-refractivity contribution in [2.24, 2.45) is 11.8 Å². The van der Waals surface area contributed by atoms with E-state index < -0.39 is 17.7 Å². The topological polar surface area (TPSA) is 71.5 Å². The molecule has 42 heavy (non-hydrogen) atoms. The SMILES string of the molecule is C[C@@H](COc1ccnc2c1[C@H](C)CC[C@@H]2F)C[C@H]1Cc2ccccc2C12CCC(Nc1cccc(Cl)c1)(C(=O)O)CC2. The molecule has 3 aromatic rings. The fourth-order valence-corrected chi connectivity index (χ4v) is 8.20. The van der Waals surface area contributed by atoms with Gasteiger partial charge in [-0.3, -0.25) is 4.98 Å². The average Bonchev–Trinajstić information content (AvgIpc) is 3.27. The van der Waals surface area contributed by atoms with Gasteiger partial charge in [-0.1, -0.05) is 55.8 Å². The van der Waals surface area contributed by atoms with Gasteiger partial charge < -0.3 is 15.2 Å². The molecule has 3 aliphatic carbocycles. The second kappa shape index (κ2) is 11.5. The van der Waals surface area contributed by atoms with Crippen molar-refractivity contribution in [2.75, 3.05) is 11.9 Å². The Labute approximate surface area is 252 Å². The lowest BCUT2D eigenvalue weighted by Crippen LogP contribution is -2.53. The summed E-state index contributed by atoms with van der Waals surface area (Å²) in [6, 6.07) is 17.9. The van der Waals surface area contributed by atoms with Crippen LogP contribution in [0.3, 0.4) is 0 Å². The first kappa shape index (κ1) is 29.0. The summed E-state index contributed by atoms with van der Waals surface area (Å²) in [6.45, 7) is 4.92. The Morgan fingerprint density at radius 2 is 1.93 bits per heavy atom. The van der Waals surface area contributed by atoms with Gasteiger partial charge in [0.25, 0.3) is 0 Å². The third-order valence-electron chi connectivity index (χ3n) is 10.2. The minimum atomic E-state index is -1.03. The molecule has 0 radical (unpaired) electrons. The molecule has 6 rings (SSSR count). The van der Waals surface area contributed by atoms with E-state index in [4.69, 9.17) is 16.3 Å². The molecule has 2 aromatic carbocycles. The first-order chi connectivity index (χ1) is 20.2. The highest BCUT2D eigenvalue weighted by molar-refractivity contribution is 6.30. The third kappa shape index (κ3) is 5.27. The second-order valence-electron chi connectivity index (χ2n) is 12.9. The van der Waals surface area contributed by atoms with Crippen LogP contribution in [0, 0.1) is 11.8 Å². The number of hydrogen-bond acceptors (Lipinski definition) is 4. The number of anilines is 1. The Morgan fingerprint density at radius 3 is 2.69 bits per heavy atom. The molecule has 4 atom stereocenters. The number of aliphatic carboxylic acids is 1. The molecule has 1 saturated carbocycles. The van der Waals surface area contributed by atoms with E-state index in [9.17, 15) is 14.3 Å². The smallest absolute Gasteiger partial charge is 0.329 e. The van der Waals surface area contributed by atoms with Crippen LogP contribution >= 0.6 is 11.6 Å². The molecule has 1 aromatic heterocycles. The molecule has 0 bridgehead atoms. The van der Waals surface area contributed by atoms with Crippen molar-refractivity contribution in [3.63, 3.8) is 0 Å². The number of nitrogens with one attached hydrogen (secondary N) is 1. The molecule has 2 N–H and O–H groups in total. The lowest BCUT2D eigenvalue weighted by molar-refractivity contribution is -0.144. The highest BCUT2D eigenvalue weighted by Crippen LogP contribution is 2.56. The molecular formula is C35H40ClFN2O3. The number of benzene rings is 2. The van der Waals surface area contributed by atoms with E-state index in [-0.39, 0.29) is 17.3 Å². The van der Waals surface area contributed by atoms with Gasteiger partial charge in [-0.25, -0.2) is 9.18 Å². The van der Waals surface area contributed by atoms with Crippen LogP contribution in [-0.4, -0.2) is 28.2 Å². The molecule has 7 heteroatoms. The molecule has 0 aliphatic heterocycles. The van der Waals surface area contributed by atoms with Gasteiger partial charge in [-0.15, -0.1) is 0 Å². The minimum Gasteiger partial charge on any atom is -0.493 e. The lowest BCUT2D eigenvalue weighted by atomic mass is 9.59. The van der Waals surface area contributed by atoms with Crippen LogP contribution in [0.15, 0.2) is 60.8 Å². The summed E-state index contributed by atoms with van der Waals surface area (Å²) in [5.41, 5.74) is 3.88. The summed E-state index contributed by atoms with van der Waals surface area (Å²) >= 11 is 6.21. The van der Waals surface area contributed by atoms with Crippen LogP contribution in [0.25, 0.3) is 0 Å². The summed E-state index contributed by atoms with van der Waals surface area (Å²) in [5, 5.41) is 14.4. The highest BCUT2D eigenvalue weighted by Gasteiger charge is 2.54. The number of carboxylic acid groups (broad SMARTS) is 1. The van der Waals surface area contributed by atoms with Crippen LogP contribution in [-0.2, 0) is 16.6 Å². The van der Waals surface area contributed by atoms with Crippen molar-refractivity contribution in [3.05, 3.63) is 88.2 Å². The molecular weight excluding hydrogens is 551 g/mol. The van der Waals surface area contributed by atoms with E-state index in [1.54, 1.807) is 18.3 Å². The van der Waals surface area contributed by atoms with E-state index >= 15 is 0 Å². The average molecular weight is 591 g/mol. The Kier molecular flexibility index (Phi) is 7.95. The Bertz CT molecular complexity index is 1450. The minimum absolute atomic E-state index is 0.0639. The van der Waals surface area contributed by atoms with Gasteiger partial charge >= 0.3 is 5.97 Å². The van der Waals surface area contributed by atoms with Crippen molar-refractivity contribution in [3.8, 4) is 5.75 Å². The zero-order chi connectivity index (χ0) is 29.5. The van der Waals surface area contributed by atoms with Crippen LogP contribution in [0.5, 0.6) is 5.75 Å². The fraction of sp³-hybridized carbons (Fsp3) is 0.486. The highest BCUT2D eigenvalue weighted by atomic mass is 35.5. The molecule has 1 spiro atoms. The fourth-order valence-electron chi connectivity index (χ4n) is 8.01. The first-order valence-corrected chi connectivity index (χ1v) is 15.7. The largest absolute Gasteiger partial charge is 0.493 e. The maximum Gasteiger partial charge on any atom is 0.329 e. The summed E-state index contributed by atoms with van der Waals surface area (Å²) in [4.78, 5) is 17.0. The van der Waals surface area contributed by atoms with Gasteiger partial charge in [0.1, 0.15) is 17.5 Å². The maximum atomic E-state index is 14.6. The predicted molar refractivity (Wildman–Crippen MR) is 164 cm³/mol. The number of fused-ring (bicyclic) bond motifs is 3. The molecule has 3 aliphatic rings. The van der Waals surface area contributed by atoms with Crippen molar-refractivity contribution < 1.29 is 19.0 Å². The number of carboxylic acids is 1. The molecule has 0 saturated heterocycles. The number of nitrogens with zero attached hydrogens (tertiary/aromatic N) is 1. The number of halogens is 2. The zero-order valence-corrected chi connectivity index (χ0v) is 25.2. The number of alkyl halides is 1. The quantitative estimate of drug-likeness (QED) is 0.275. The van der Waals surface area contributed by atoms with Crippen LogP contribution in [0.2, 0.25) is 5.02 Å². The maximum absolute atomic E-state index is 14.6. The summed E-state index contributed by atoms with van der Waals surface area (Å²) in [7, 11) is 0. The van der Waals surface area contributed by atoms with Gasteiger partial charge in [0, 0.05) is 22.5 Å². The van der Waals surface area contributed by atoms with E-state index in [2.05, 4.69) is 48.4 Å². The summed E-state index contributed by atoms with van der Waals surface area (Å²) in [6.07, 6.45) is 6.61. The van der Waals surface area contributed by atoms with Crippen molar-refractivity contribution in [2.45, 2.75) is 88.3 Å². The zero-order valence-electron chi connectivity index (χ0n) is 24.4. The number of hydrogen-bond donors (Lipinski definition) is 2. The number of ether oxygens (including phenoxy) is 1. The van der Waals surface area contributed by atoms with Gasteiger partial charge in [0.15, 0.2) is 0 Å². The van der Waals surface area contributed by atoms with Crippen LogP contribution < -0.4 is 10.1 Å². The van der Waals surface area contributed by atoms with Gasteiger partial charge in [0.2, 0.25) is 0 Å². The van der Waals surface area contributed by atoms with Crippen molar-refractivity contribution in [1.29, 1.82) is 0 Å². The molecule has 5 nitrogen and oxygen atoms in total. The van der Waals surface area contributed by atoms with Crippen LogP contribution in [0.4, 0.5) is 10.1 Å². The summed E-state index contributed by atoms with van der Waals surface area (Å²) < 4.78 is 21.0. The molecule has 0 unspecified atom stereocenters. The second-order valence-corrected chi connectivity index (χ2v) is 13.4. The van der Waals surface area contributed by atoms with E-state index in [0.29, 0.717) is 42.5 Å². The van der Waals surface area contributed by atoms with Crippen molar-refractivity contribution >= 4 is 23.3 Å². The van der Waals surface area contributed by atoms with Gasteiger partial charge in [0.05, 0.1) is 12.3 Å². The van der Waals surface area contributed by atoms with Crippen LogP contribution in [0.1, 0.15) is 93.3 Å². The van der Waals surface area contributed by atoms with E-state index in [0.717, 1.165) is 49.1 Å². The first-order valence-electron chi connectivity index (χ1n) is 15.3. The predicted octanol–water partition coefficient (Wildman–Crippen LogP) is 8.67. The van der Waals surface area contributed by atoms with Gasteiger partial charge in [-0.05, 0) is 110 Å². The third-order valence-corrected chi connectivity index (χ3v) is 10.5. The van der Waals surface area contributed by atoms with E-state index in [1.807, 2.05) is 18.2 Å². The lowest BCUT2D eigenvalue weighted by Gasteiger charge is -2.47. The Balaban J connectivity index is 1.19. The number of pyridine rings is 1. The molecule has 1 heterocycles. The molecule has 222 valence electrons. The van der Waals surface area contributed by atoms with Crippen molar-refractivity contribution in [1.82, 2.24) is 4.98 Å². The van der Waals surface area contributed by atoms with Gasteiger partial charge in [-0.2, -0.15) is 0 Å². The standard InChI is InChI=1S/C35H40ClFN2O3/c1-22(21-42-30-12-17-38-32-29(37)11-10-23(2)31(30)32)18-25-19-24-6-3-4-9-28(24)34(25)13-15-35(16-14-34,33(40)41)39-27-8-5-7-26(36)20-27/h3-9,12,17,20,22-23,25,29,39H,10-11,13-16,18-19,21H2,1-2H3,(H,40,41)/t22-,23-,25+,29+,34?,35?/m1/s1. The summed E-state index contributed by atoms with van der Waals surface area (Å²) in [5.74, 6) is 0.859. The number of rotatable bonds is 8. The molecule has 1 fully saturated rings.